The number of ketones is 1. The number of rotatable bonds is 4. The number of Topliss-reactive ketones (excluding diaryl/α,β-unsaturated/α-hetero) is 1. The molecule has 0 spiro atoms. The van der Waals surface area contributed by atoms with Crippen molar-refractivity contribution in [2.75, 3.05) is 33.7 Å². The normalized spacial score (nSPS) is 17.9. The summed E-state index contributed by atoms with van der Waals surface area (Å²) in [6, 6.07) is 8.32. The van der Waals surface area contributed by atoms with Crippen LogP contribution in [0.15, 0.2) is 28.7 Å². The van der Waals surface area contributed by atoms with Crippen molar-refractivity contribution < 1.29 is 4.79 Å². The number of carbonyl (C=O) groups excluding carboxylic acids is 1. The van der Waals surface area contributed by atoms with Gasteiger partial charge in [-0.05, 0) is 33.0 Å². The average molecular weight is 325 g/mol. The second-order valence-electron chi connectivity index (χ2n) is 5.37. The Balaban J connectivity index is 1.89. The molecule has 0 amide bonds. The van der Waals surface area contributed by atoms with Crippen LogP contribution in [0.5, 0.6) is 0 Å². The molecule has 19 heavy (non-hydrogen) atoms. The van der Waals surface area contributed by atoms with E-state index in [1.165, 1.54) is 0 Å². The summed E-state index contributed by atoms with van der Waals surface area (Å²) in [6.07, 6.45) is 2.30. The molecule has 1 heterocycles. The molecule has 1 fully saturated rings. The lowest BCUT2D eigenvalue weighted by molar-refractivity contribution is 0.0873. The first kappa shape index (κ1) is 14.7. The molecular weight excluding hydrogens is 304 g/mol. The van der Waals surface area contributed by atoms with Crippen LogP contribution < -0.4 is 0 Å². The van der Waals surface area contributed by atoms with E-state index in [9.17, 15) is 4.79 Å². The van der Waals surface area contributed by atoms with Gasteiger partial charge in [0, 0.05) is 29.2 Å². The maximum absolute atomic E-state index is 12.3. The monoisotopic (exact) mass is 324 g/mol. The lowest BCUT2D eigenvalue weighted by Crippen LogP contribution is -2.43. The number of benzene rings is 1. The van der Waals surface area contributed by atoms with Gasteiger partial charge in [0.2, 0.25) is 0 Å². The Morgan fingerprint density at radius 1 is 1.32 bits per heavy atom. The molecular formula is C15H21BrN2O. The summed E-state index contributed by atoms with van der Waals surface area (Å²) in [7, 11) is 4.26. The van der Waals surface area contributed by atoms with E-state index in [1.54, 1.807) is 0 Å². The minimum absolute atomic E-state index is 0.204. The average Bonchev–Trinajstić information content (AvgIpc) is 2.39. The Kier molecular flexibility index (Phi) is 5.13. The highest BCUT2D eigenvalue weighted by Gasteiger charge is 2.22. The third-order valence-corrected chi connectivity index (χ3v) is 4.52. The Labute approximate surface area is 123 Å². The summed E-state index contributed by atoms with van der Waals surface area (Å²) >= 11 is 3.44. The van der Waals surface area contributed by atoms with Crippen LogP contribution in [0, 0.1) is 0 Å². The minimum atomic E-state index is 0.204. The molecule has 1 aliphatic heterocycles. The molecule has 1 aromatic rings. The molecule has 2 rings (SSSR count). The first-order valence-corrected chi connectivity index (χ1v) is 7.53. The fraction of sp³-hybridized carbons (Fsp3) is 0.533. The van der Waals surface area contributed by atoms with E-state index in [1.807, 2.05) is 24.3 Å². The summed E-state index contributed by atoms with van der Waals surface area (Å²) in [5, 5.41) is 0. The molecule has 0 atom stereocenters. The van der Waals surface area contributed by atoms with E-state index in [0.717, 1.165) is 36.0 Å². The smallest absolute Gasteiger partial charge is 0.177 e. The van der Waals surface area contributed by atoms with Gasteiger partial charge in [0.25, 0.3) is 0 Å². The number of hydrogen-bond acceptors (Lipinski definition) is 3. The van der Waals surface area contributed by atoms with E-state index in [4.69, 9.17) is 0 Å². The van der Waals surface area contributed by atoms with Gasteiger partial charge in [-0.1, -0.05) is 34.1 Å². The van der Waals surface area contributed by atoms with Gasteiger partial charge in [0.1, 0.15) is 0 Å². The van der Waals surface area contributed by atoms with Gasteiger partial charge in [-0.2, -0.15) is 0 Å². The molecule has 1 aliphatic rings. The van der Waals surface area contributed by atoms with Crippen LogP contribution in [0.25, 0.3) is 0 Å². The van der Waals surface area contributed by atoms with Crippen molar-refractivity contribution >= 4 is 21.7 Å². The first-order chi connectivity index (χ1) is 9.08. The minimum Gasteiger partial charge on any atom is -0.306 e. The SMILES string of the molecule is CN(C)C1CCN(CC(=O)c2ccccc2Br)CC1. The van der Waals surface area contributed by atoms with Crippen LogP contribution in [0.1, 0.15) is 23.2 Å². The zero-order valence-corrected chi connectivity index (χ0v) is 13.2. The zero-order chi connectivity index (χ0) is 13.8. The van der Waals surface area contributed by atoms with Gasteiger partial charge in [0.15, 0.2) is 5.78 Å². The summed E-state index contributed by atoms with van der Waals surface area (Å²) in [4.78, 5) is 16.8. The Morgan fingerprint density at radius 3 is 2.53 bits per heavy atom. The van der Waals surface area contributed by atoms with Crippen LogP contribution in [0.2, 0.25) is 0 Å². The topological polar surface area (TPSA) is 23.6 Å². The number of halogens is 1. The van der Waals surface area contributed by atoms with Crippen LogP contribution in [0.4, 0.5) is 0 Å². The van der Waals surface area contributed by atoms with E-state index < -0.39 is 0 Å². The maximum atomic E-state index is 12.3. The predicted molar refractivity (Wildman–Crippen MR) is 81.6 cm³/mol. The summed E-state index contributed by atoms with van der Waals surface area (Å²) < 4.78 is 0.892. The fourth-order valence-electron chi connectivity index (χ4n) is 2.57. The molecule has 0 bridgehead atoms. The molecule has 4 heteroatoms. The van der Waals surface area contributed by atoms with Gasteiger partial charge < -0.3 is 4.90 Å². The predicted octanol–water partition coefficient (Wildman–Crippen LogP) is 2.66. The van der Waals surface area contributed by atoms with Crippen molar-refractivity contribution in [3.63, 3.8) is 0 Å². The van der Waals surface area contributed by atoms with Gasteiger partial charge >= 0.3 is 0 Å². The summed E-state index contributed by atoms with van der Waals surface area (Å²) in [6.45, 7) is 2.56. The van der Waals surface area contributed by atoms with Crippen LogP contribution in [0.3, 0.4) is 0 Å². The van der Waals surface area contributed by atoms with E-state index in [2.05, 4.69) is 39.8 Å². The molecule has 1 aromatic carbocycles. The van der Waals surface area contributed by atoms with Crippen molar-refractivity contribution in [2.45, 2.75) is 18.9 Å². The van der Waals surface area contributed by atoms with Gasteiger partial charge in [-0.3, -0.25) is 9.69 Å². The molecule has 0 aliphatic carbocycles. The fourth-order valence-corrected chi connectivity index (χ4v) is 3.08. The Morgan fingerprint density at radius 2 is 1.95 bits per heavy atom. The van der Waals surface area contributed by atoms with Gasteiger partial charge in [-0.25, -0.2) is 0 Å². The number of hydrogen-bond donors (Lipinski definition) is 0. The Hall–Kier alpha value is -0.710. The van der Waals surface area contributed by atoms with E-state index >= 15 is 0 Å². The van der Waals surface area contributed by atoms with Crippen molar-refractivity contribution in [3.8, 4) is 0 Å². The number of likely N-dealkylation sites (tertiary alicyclic amines) is 1. The van der Waals surface area contributed by atoms with Crippen molar-refractivity contribution in [1.82, 2.24) is 9.80 Å². The second kappa shape index (κ2) is 6.64. The molecule has 104 valence electrons. The van der Waals surface area contributed by atoms with Gasteiger partial charge in [0.05, 0.1) is 6.54 Å². The van der Waals surface area contributed by atoms with E-state index in [0.29, 0.717) is 12.6 Å². The lowest BCUT2D eigenvalue weighted by Gasteiger charge is -2.34. The standard InChI is InChI=1S/C15H21BrN2O/c1-17(2)12-7-9-18(10-8-12)11-15(19)13-5-3-4-6-14(13)16/h3-6,12H,7-11H2,1-2H3. The van der Waals surface area contributed by atoms with Crippen LogP contribution in [-0.2, 0) is 0 Å². The van der Waals surface area contributed by atoms with Crippen molar-refractivity contribution in [3.05, 3.63) is 34.3 Å². The van der Waals surface area contributed by atoms with Crippen LogP contribution in [-0.4, -0.2) is 55.4 Å². The third-order valence-electron chi connectivity index (χ3n) is 3.83. The lowest BCUT2D eigenvalue weighted by atomic mass is 10.0. The Bertz CT molecular complexity index is 440. The summed E-state index contributed by atoms with van der Waals surface area (Å²) in [5.74, 6) is 0.204. The number of nitrogens with zero attached hydrogens (tertiary/aromatic N) is 2. The zero-order valence-electron chi connectivity index (χ0n) is 11.6. The molecule has 3 nitrogen and oxygen atoms in total. The molecule has 0 N–H and O–H groups in total. The van der Waals surface area contributed by atoms with E-state index in [-0.39, 0.29) is 5.78 Å². The van der Waals surface area contributed by atoms with Crippen molar-refractivity contribution in [2.24, 2.45) is 0 Å². The van der Waals surface area contributed by atoms with Gasteiger partial charge in [-0.15, -0.1) is 0 Å². The molecule has 0 radical (unpaired) electrons. The molecule has 0 aromatic heterocycles. The highest BCUT2D eigenvalue weighted by atomic mass is 79.9. The molecule has 1 saturated heterocycles. The number of piperidine rings is 1. The summed E-state index contributed by atoms with van der Waals surface area (Å²) in [5.41, 5.74) is 0.789. The quantitative estimate of drug-likeness (QED) is 0.795. The highest BCUT2D eigenvalue weighted by Crippen LogP contribution is 2.18. The number of carbonyl (C=O) groups is 1. The van der Waals surface area contributed by atoms with Crippen molar-refractivity contribution in [1.29, 1.82) is 0 Å². The van der Waals surface area contributed by atoms with Crippen LogP contribution >= 0.6 is 15.9 Å². The third kappa shape index (κ3) is 3.88. The molecule has 0 saturated carbocycles. The molecule has 0 unspecified atom stereocenters. The largest absolute Gasteiger partial charge is 0.306 e. The second-order valence-corrected chi connectivity index (χ2v) is 6.23. The maximum Gasteiger partial charge on any atom is 0.177 e. The highest BCUT2D eigenvalue weighted by molar-refractivity contribution is 9.10. The first-order valence-electron chi connectivity index (χ1n) is 6.74.